The van der Waals surface area contributed by atoms with Crippen LogP contribution in [0.1, 0.15) is 78.6 Å². The van der Waals surface area contributed by atoms with Crippen LogP contribution in [0.25, 0.3) is 11.1 Å². The first-order chi connectivity index (χ1) is 21.8. The smallest absolute Gasteiger partial charge is 0.416 e. The molecule has 1 aromatic heterocycles. The highest BCUT2D eigenvalue weighted by Crippen LogP contribution is 2.35. The molecule has 0 aliphatic heterocycles. The van der Waals surface area contributed by atoms with Gasteiger partial charge in [0.2, 0.25) is 5.91 Å². The van der Waals surface area contributed by atoms with Gasteiger partial charge in [-0.1, -0.05) is 13.8 Å². The quantitative estimate of drug-likeness (QED) is 0.190. The van der Waals surface area contributed by atoms with Crippen molar-refractivity contribution in [2.24, 2.45) is 5.92 Å². The van der Waals surface area contributed by atoms with Crippen LogP contribution in [0.3, 0.4) is 0 Å². The second-order valence-corrected chi connectivity index (χ2v) is 12.8. The Morgan fingerprint density at radius 3 is 2.11 bits per heavy atom. The normalized spacial score (nSPS) is 13.2. The van der Waals surface area contributed by atoms with Crippen molar-refractivity contribution in [3.05, 3.63) is 91.9 Å². The Kier molecular flexibility index (Phi) is 12.1. The van der Waals surface area contributed by atoms with Crippen LogP contribution in [0, 0.1) is 38.3 Å². The molecule has 7 nitrogen and oxygen atoms in total. The molecule has 0 saturated carbocycles. The maximum atomic E-state index is 15.7. The number of likely N-dealkylation sites (N-methyl/N-ethyl adjacent to an activating group) is 1. The number of carbonyl (C=O) groups is 2. The van der Waals surface area contributed by atoms with Crippen LogP contribution in [0.2, 0.25) is 0 Å². The second kappa shape index (κ2) is 15.2. The number of carbonyl (C=O) groups excluding carboxylic acids is 1. The van der Waals surface area contributed by atoms with E-state index in [0.717, 1.165) is 10.8 Å². The highest BCUT2D eigenvalue weighted by Gasteiger charge is 2.36. The number of carboxylic acid groups (broad SMARTS) is 1. The van der Waals surface area contributed by atoms with Crippen molar-refractivity contribution in [2.75, 3.05) is 20.6 Å². The molecule has 0 spiro atoms. The van der Waals surface area contributed by atoms with E-state index in [1.54, 1.807) is 38.9 Å². The van der Waals surface area contributed by atoms with Crippen LogP contribution in [0.4, 0.5) is 22.0 Å². The summed E-state index contributed by atoms with van der Waals surface area (Å²) in [5.41, 5.74) is -0.0397. The number of hydrogen-bond donors (Lipinski definition) is 2. The van der Waals surface area contributed by atoms with Crippen LogP contribution in [0.15, 0.2) is 41.3 Å². The minimum absolute atomic E-state index is 0.0528. The molecule has 1 unspecified atom stereocenters. The first-order valence-electron chi connectivity index (χ1n) is 15.4. The topological polar surface area (TPSA) is 91.6 Å². The van der Waals surface area contributed by atoms with Crippen LogP contribution in [-0.2, 0) is 22.2 Å². The summed E-state index contributed by atoms with van der Waals surface area (Å²) in [5.74, 6) is -3.33. The number of amides is 1. The fourth-order valence-electron chi connectivity index (χ4n) is 5.77. The van der Waals surface area contributed by atoms with Crippen molar-refractivity contribution >= 4 is 11.9 Å². The van der Waals surface area contributed by atoms with E-state index in [1.807, 2.05) is 13.8 Å². The van der Waals surface area contributed by atoms with Crippen LogP contribution in [0.5, 0.6) is 0 Å². The number of hydrogen-bond acceptors (Lipinski definition) is 4. The molecule has 0 saturated heterocycles. The number of rotatable bonds is 13. The fraction of sp³-hybridized carbons (Fsp3) is 0.457. The summed E-state index contributed by atoms with van der Waals surface area (Å²) >= 11 is 0. The minimum atomic E-state index is -4.80. The zero-order valence-electron chi connectivity index (χ0n) is 27.7. The third kappa shape index (κ3) is 9.50. The van der Waals surface area contributed by atoms with Crippen LogP contribution in [-0.4, -0.2) is 47.1 Å². The number of alkyl halides is 3. The molecule has 2 atom stereocenters. The zero-order valence-corrected chi connectivity index (χ0v) is 27.7. The minimum Gasteiger partial charge on any atom is -0.481 e. The molecule has 3 rings (SSSR count). The van der Waals surface area contributed by atoms with Crippen molar-refractivity contribution < 1.29 is 36.6 Å². The molecule has 3 aromatic rings. The van der Waals surface area contributed by atoms with Crippen LogP contribution < -0.4 is 10.9 Å². The van der Waals surface area contributed by atoms with Crippen molar-refractivity contribution in [2.45, 2.75) is 78.6 Å². The van der Waals surface area contributed by atoms with Gasteiger partial charge >= 0.3 is 12.1 Å². The third-order valence-electron chi connectivity index (χ3n) is 8.09. The number of aliphatic carboxylic acids is 1. The predicted molar refractivity (Wildman–Crippen MR) is 170 cm³/mol. The van der Waals surface area contributed by atoms with Crippen LogP contribution >= 0.6 is 0 Å². The van der Waals surface area contributed by atoms with Gasteiger partial charge in [0.25, 0.3) is 5.56 Å². The van der Waals surface area contributed by atoms with E-state index in [-0.39, 0.29) is 42.0 Å². The number of nitrogens with one attached hydrogen (secondary N) is 1. The summed E-state index contributed by atoms with van der Waals surface area (Å²) in [7, 11) is 3.39. The lowest BCUT2D eigenvalue weighted by molar-refractivity contribution is -0.139. The maximum absolute atomic E-state index is 15.7. The molecule has 12 heteroatoms. The molecule has 256 valence electrons. The van der Waals surface area contributed by atoms with Gasteiger partial charge in [-0.2, -0.15) is 13.2 Å². The van der Waals surface area contributed by atoms with Gasteiger partial charge in [-0.25, -0.2) is 8.78 Å². The standard InChI is InChI=1S/C35H42F5N3O4/c1-19(2)8-9-29(43-18-23(10-11-42(6)7)27(16-30(43)44)35(38,39)40)34(47)41-28(17-31(45)46)26-15-24(12-22(5)33(26)37)32-20(3)13-25(36)14-21(32)4/h12-16,18-19,28-29H,8-11,17H2,1-7H3,(H,41,47)(H,45,46)/t28-,29?/m0/s1. The predicted octanol–water partition coefficient (Wildman–Crippen LogP) is 7.15. The van der Waals surface area contributed by atoms with Crippen molar-refractivity contribution in [1.82, 2.24) is 14.8 Å². The lowest BCUT2D eigenvalue weighted by Crippen LogP contribution is -2.40. The first-order valence-corrected chi connectivity index (χ1v) is 15.4. The van der Waals surface area contributed by atoms with Crippen molar-refractivity contribution in [1.29, 1.82) is 0 Å². The third-order valence-corrected chi connectivity index (χ3v) is 8.09. The molecular weight excluding hydrogens is 621 g/mol. The monoisotopic (exact) mass is 663 g/mol. The molecule has 0 bridgehead atoms. The average molecular weight is 664 g/mol. The van der Waals surface area contributed by atoms with E-state index in [4.69, 9.17) is 0 Å². The lowest BCUT2D eigenvalue weighted by atomic mass is 9.90. The molecule has 2 aromatic carbocycles. The molecule has 47 heavy (non-hydrogen) atoms. The van der Waals surface area contributed by atoms with Gasteiger partial charge in [0.05, 0.1) is 18.0 Å². The van der Waals surface area contributed by atoms with E-state index in [1.165, 1.54) is 25.1 Å². The van der Waals surface area contributed by atoms with E-state index in [0.29, 0.717) is 34.7 Å². The summed E-state index contributed by atoms with van der Waals surface area (Å²) in [6.45, 7) is 8.86. The maximum Gasteiger partial charge on any atom is 0.416 e. The number of benzene rings is 2. The van der Waals surface area contributed by atoms with Gasteiger partial charge in [-0.3, -0.25) is 14.4 Å². The largest absolute Gasteiger partial charge is 0.481 e. The average Bonchev–Trinajstić information content (AvgIpc) is 2.92. The fourth-order valence-corrected chi connectivity index (χ4v) is 5.77. The molecule has 0 aliphatic rings. The van der Waals surface area contributed by atoms with Gasteiger partial charge < -0.3 is 19.9 Å². The summed E-state index contributed by atoms with van der Waals surface area (Å²) in [5, 5.41) is 12.4. The lowest BCUT2D eigenvalue weighted by Gasteiger charge is -2.26. The molecular formula is C35H42F5N3O4. The zero-order chi connectivity index (χ0) is 35.4. The molecule has 0 fully saturated rings. The summed E-state index contributed by atoms with van der Waals surface area (Å²) < 4.78 is 72.5. The summed E-state index contributed by atoms with van der Waals surface area (Å²) in [6.07, 6.45) is -4.06. The van der Waals surface area contributed by atoms with E-state index < -0.39 is 59.3 Å². The summed E-state index contributed by atoms with van der Waals surface area (Å²) in [4.78, 5) is 40.8. The summed E-state index contributed by atoms with van der Waals surface area (Å²) in [6, 6.07) is 3.38. The number of nitrogens with zero attached hydrogens (tertiary/aromatic N) is 2. The van der Waals surface area contributed by atoms with Gasteiger partial charge in [0.1, 0.15) is 17.7 Å². The van der Waals surface area contributed by atoms with Gasteiger partial charge in [0.15, 0.2) is 0 Å². The highest BCUT2D eigenvalue weighted by atomic mass is 19.4. The van der Waals surface area contributed by atoms with E-state index in [9.17, 15) is 37.1 Å². The van der Waals surface area contributed by atoms with Crippen molar-refractivity contribution in [3.8, 4) is 11.1 Å². The SMILES string of the molecule is Cc1cc(-c2c(C)cc(F)cc2C)cc([C@H](CC(=O)O)NC(=O)C(CCC(C)C)n2cc(CCN(C)C)c(C(F)(F)F)cc2=O)c1F. The van der Waals surface area contributed by atoms with Gasteiger partial charge in [-0.05, 0) is 118 Å². The Morgan fingerprint density at radius 2 is 1.57 bits per heavy atom. The Bertz CT molecular complexity index is 1660. The van der Waals surface area contributed by atoms with E-state index >= 15 is 4.39 Å². The number of aromatic nitrogens is 1. The van der Waals surface area contributed by atoms with Crippen molar-refractivity contribution in [3.63, 3.8) is 0 Å². The molecule has 0 aliphatic carbocycles. The number of aryl methyl sites for hydroxylation is 3. The highest BCUT2D eigenvalue weighted by molar-refractivity contribution is 5.82. The second-order valence-electron chi connectivity index (χ2n) is 12.8. The van der Waals surface area contributed by atoms with E-state index in [2.05, 4.69) is 5.32 Å². The Balaban J connectivity index is 2.16. The molecule has 2 N–H and O–H groups in total. The number of carboxylic acids is 1. The first kappa shape index (κ1) is 37.4. The van der Waals surface area contributed by atoms with Gasteiger partial charge in [-0.15, -0.1) is 0 Å². The number of pyridine rings is 1. The molecule has 1 amide bonds. The van der Waals surface area contributed by atoms with Gasteiger partial charge in [0, 0.05) is 24.4 Å². The Morgan fingerprint density at radius 1 is 0.957 bits per heavy atom. The Labute approximate surface area is 271 Å². The molecule has 1 heterocycles. The Hall–Kier alpha value is -4.06. The number of halogens is 5. The molecule has 0 radical (unpaired) electrons.